The minimum absolute atomic E-state index is 0.0560. The van der Waals surface area contributed by atoms with Crippen LogP contribution in [0.15, 0.2) is 0 Å². The van der Waals surface area contributed by atoms with E-state index < -0.39 is 0 Å². The number of nitrogens with one attached hydrogen (secondary N) is 1. The van der Waals surface area contributed by atoms with E-state index in [1.165, 1.54) is 0 Å². The van der Waals surface area contributed by atoms with Gasteiger partial charge < -0.3 is 9.64 Å². The molecule has 0 aromatic rings. The lowest BCUT2D eigenvalue weighted by atomic mass is 10.1. The number of rotatable bonds is 10. The summed E-state index contributed by atoms with van der Waals surface area (Å²) in [7, 11) is 1.74. The van der Waals surface area contributed by atoms with Crippen LogP contribution in [0.25, 0.3) is 0 Å². The SMILES string of the molecule is CCCC1NC(CCC)N(CCCCCOC)C1=O. The van der Waals surface area contributed by atoms with Gasteiger partial charge in [-0.15, -0.1) is 0 Å². The van der Waals surface area contributed by atoms with Crippen molar-refractivity contribution < 1.29 is 9.53 Å². The van der Waals surface area contributed by atoms with Crippen LogP contribution < -0.4 is 5.32 Å². The summed E-state index contributed by atoms with van der Waals surface area (Å²) in [6, 6.07) is 0.0560. The molecule has 0 bridgehead atoms. The highest BCUT2D eigenvalue weighted by Crippen LogP contribution is 2.18. The third-order valence-corrected chi connectivity index (χ3v) is 3.74. The first-order valence-corrected chi connectivity index (χ1v) is 7.80. The second-order valence-electron chi connectivity index (χ2n) is 5.40. The maximum atomic E-state index is 12.3. The first kappa shape index (κ1) is 16.4. The average Bonchev–Trinajstić information content (AvgIpc) is 2.68. The zero-order chi connectivity index (χ0) is 14.1. The Morgan fingerprint density at radius 1 is 1.16 bits per heavy atom. The largest absolute Gasteiger partial charge is 0.385 e. The van der Waals surface area contributed by atoms with Gasteiger partial charge in [0.25, 0.3) is 0 Å². The Kier molecular flexibility index (Phi) is 8.07. The average molecular weight is 270 g/mol. The molecule has 0 aromatic carbocycles. The normalized spacial score (nSPS) is 23.3. The van der Waals surface area contributed by atoms with Gasteiger partial charge in [0.2, 0.25) is 5.91 Å². The topological polar surface area (TPSA) is 41.6 Å². The molecule has 112 valence electrons. The van der Waals surface area contributed by atoms with Crippen LogP contribution in [0, 0.1) is 0 Å². The van der Waals surface area contributed by atoms with Gasteiger partial charge in [-0.05, 0) is 32.1 Å². The van der Waals surface area contributed by atoms with E-state index in [0.717, 1.165) is 58.1 Å². The van der Waals surface area contributed by atoms with E-state index in [2.05, 4.69) is 24.1 Å². The molecule has 1 aliphatic rings. The molecule has 1 fully saturated rings. The summed E-state index contributed by atoms with van der Waals surface area (Å²) < 4.78 is 5.05. The molecule has 4 heteroatoms. The summed E-state index contributed by atoms with van der Waals surface area (Å²) in [4.78, 5) is 14.4. The summed E-state index contributed by atoms with van der Waals surface area (Å²) in [6.45, 7) is 6.02. The fourth-order valence-electron chi connectivity index (χ4n) is 2.73. The van der Waals surface area contributed by atoms with Crippen LogP contribution in [0.2, 0.25) is 0 Å². The van der Waals surface area contributed by atoms with Crippen molar-refractivity contribution in [1.82, 2.24) is 10.2 Å². The lowest BCUT2D eigenvalue weighted by Gasteiger charge is -2.23. The van der Waals surface area contributed by atoms with Gasteiger partial charge in [0, 0.05) is 20.3 Å². The van der Waals surface area contributed by atoms with Gasteiger partial charge in [0.15, 0.2) is 0 Å². The molecule has 2 unspecified atom stereocenters. The molecular formula is C15H30N2O2. The van der Waals surface area contributed by atoms with Gasteiger partial charge in [-0.3, -0.25) is 10.1 Å². The molecule has 1 heterocycles. The summed E-state index contributed by atoms with van der Waals surface area (Å²) in [5.41, 5.74) is 0. The predicted octanol–water partition coefficient (Wildman–Crippen LogP) is 2.53. The van der Waals surface area contributed by atoms with Gasteiger partial charge in [-0.2, -0.15) is 0 Å². The minimum Gasteiger partial charge on any atom is -0.385 e. The Labute approximate surface area is 117 Å². The van der Waals surface area contributed by atoms with Crippen molar-refractivity contribution in [1.29, 1.82) is 0 Å². The standard InChI is InChI=1S/C15H30N2O2/c1-4-9-13-15(18)17(14(16-13)10-5-2)11-7-6-8-12-19-3/h13-14,16H,4-12H2,1-3H3. The second-order valence-corrected chi connectivity index (χ2v) is 5.40. The Morgan fingerprint density at radius 2 is 1.89 bits per heavy atom. The molecule has 1 N–H and O–H groups in total. The van der Waals surface area contributed by atoms with Crippen LogP contribution in [-0.4, -0.2) is 43.3 Å². The lowest BCUT2D eigenvalue weighted by Crippen LogP contribution is -2.37. The van der Waals surface area contributed by atoms with Crippen LogP contribution in [0.3, 0.4) is 0 Å². The van der Waals surface area contributed by atoms with Crippen molar-refractivity contribution in [2.75, 3.05) is 20.3 Å². The number of carbonyl (C=O) groups is 1. The van der Waals surface area contributed by atoms with Crippen molar-refractivity contribution in [2.45, 2.75) is 71.0 Å². The van der Waals surface area contributed by atoms with Crippen molar-refractivity contribution in [3.05, 3.63) is 0 Å². The van der Waals surface area contributed by atoms with Gasteiger partial charge in [0.1, 0.15) is 0 Å². The molecule has 0 saturated carbocycles. The van der Waals surface area contributed by atoms with Gasteiger partial charge >= 0.3 is 0 Å². The molecule has 1 rings (SSSR count). The molecule has 0 aliphatic carbocycles. The quantitative estimate of drug-likeness (QED) is 0.620. The second kappa shape index (κ2) is 9.32. The number of nitrogens with zero attached hydrogens (tertiary/aromatic N) is 1. The summed E-state index contributed by atoms with van der Waals surface area (Å²) >= 11 is 0. The van der Waals surface area contributed by atoms with Crippen molar-refractivity contribution in [2.24, 2.45) is 0 Å². The molecule has 2 atom stereocenters. The minimum atomic E-state index is 0.0560. The summed E-state index contributed by atoms with van der Waals surface area (Å²) in [5.74, 6) is 0.312. The van der Waals surface area contributed by atoms with Crippen LogP contribution >= 0.6 is 0 Å². The van der Waals surface area contributed by atoms with Crippen LogP contribution in [0.4, 0.5) is 0 Å². The Hall–Kier alpha value is -0.610. The van der Waals surface area contributed by atoms with E-state index in [0.29, 0.717) is 5.91 Å². The van der Waals surface area contributed by atoms with E-state index in [-0.39, 0.29) is 12.2 Å². The van der Waals surface area contributed by atoms with E-state index >= 15 is 0 Å². The molecule has 0 radical (unpaired) electrons. The Bertz CT molecular complexity index is 259. The van der Waals surface area contributed by atoms with Crippen molar-refractivity contribution >= 4 is 5.91 Å². The third-order valence-electron chi connectivity index (χ3n) is 3.74. The highest BCUT2D eigenvalue weighted by molar-refractivity contribution is 5.84. The first-order chi connectivity index (χ1) is 9.24. The van der Waals surface area contributed by atoms with Crippen LogP contribution in [-0.2, 0) is 9.53 Å². The van der Waals surface area contributed by atoms with Crippen LogP contribution in [0.5, 0.6) is 0 Å². The predicted molar refractivity (Wildman–Crippen MR) is 78.0 cm³/mol. The third kappa shape index (κ3) is 5.11. The number of hydrogen-bond donors (Lipinski definition) is 1. The molecule has 1 saturated heterocycles. The number of amides is 1. The van der Waals surface area contributed by atoms with Crippen molar-refractivity contribution in [3.8, 4) is 0 Å². The molecule has 1 amide bonds. The highest BCUT2D eigenvalue weighted by Gasteiger charge is 2.36. The van der Waals surface area contributed by atoms with Gasteiger partial charge in [0.05, 0.1) is 12.2 Å². The van der Waals surface area contributed by atoms with Crippen LogP contribution in [0.1, 0.15) is 58.8 Å². The number of ether oxygens (including phenoxy) is 1. The highest BCUT2D eigenvalue weighted by atomic mass is 16.5. The number of hydrogen-bond acceptors (Lipinski definition) is 3. The Morgan fingerprint density at radius 3 is 2.53 bits per heavy atom. The molecule has 1 aliphatic heterocycles. The fraction of sp³-hybridized carbons (Fsp3) is 0.933. The van der Waals surface area contributed by atoms with Gasteiger partial charge in [-0.25, -0.2) is 0 Å². The number of methoxy groups -OCH3 is 1. The monoisotopic (exact) mass is 270 g/mol. The first-order valence-electron chi connectivity index (χ1n) is 7.80. The van der Waals surface area contributed by atoms with E-state index in [1.807, 2.05) is 0 Å². The summed E-state index contributed by atoms with van der Waals surface area (Å²) in [5, 5.41) is 3.50. The molecule has 4 nitrogen and oxygen atoms in total. The molecule has 0 spiro atoms. The molecule has 19 heavy (non-hydrogen) atoms. The van der Waals surface area contributed by atoms with E-state index in [1.54, 1.807) is 7.11 Å². The Balaban J connectivity index is 2.40. The van der Waals surface area contributed by atoms with Gasteiger partial charge in [-0.1, -0.05) is 26.7 Å². The van der Waals surface area contributed by atoms with Crippen molar-refractivity contribution in [3.63, 3.8) is 0 Å². The molecule has 0 aromatic heterocycles. The maximum absolute atomic E-state index is 12.3. The zero-order valence-corrected chi connectivity index (χ0v) is 12.8. The van der Waals surface area contributed by atoms with E-state index in [4.69, 9.17) is 4.74 Å². The number of unbranched alkanes of at least 4 members (excludes halogenated alkanes) is 2. The smallest absolute Gasteiger partial charge is 0.241 e. The van der Waals surface area contributed by atoms with E-state index in [9.17, 15) is 4.79 Å². The fourth-order valence-corrected chi connectivity index (χ4v) is 2.73. The molecular weight excluding hydrogens is 240 g/mol. The maximum Gasteiger partial charge on any atom is 0.241 e. The number of carbonyl (C=O) groups excluding carboxylic acids is 1. The zero-order valence-electron chi connectivity index (χ0n) is 12.8. The summed E-state index contributed by atoms with van der Waals surface area (Å²) in [6.07, 6.45) is 7.75. The lowest BCUT2D eigenvalue weighted by molar-refractivity contribution is -0.130.